The molecule has 0 saturated heterocycles. The predicted octanol–water partition coefficient (Wildman–Crippen LogP) is 21.1. The average molecular weight is 1750 g/mol. The Balaban J connectivity index is 0.000000200. The van der Waals surface area contributed by atoms with Gasteiger partial charge in [-0.25, -0.2) is 8.78 Å². The van der Waals surface area contributed by atoms with Gasteiger partial charge in [0.25, 0.3) is 6.43 Å². The van der Waals surface area contributed by atoms with Crippen LogP contribution in [0.2, 0.25) is 0 Å². The van der Waals surface area contributed by atoms with Gasteiger partial charge in [0.2, 0.25) is 0 Å². The first kappa shape index (κ1) is 97.5. The molecular formula is C105H115F5N6O12. The van der Waals surface area contributed by atoms with Crippen LogP contribution in [-0.4, -0.2) is 85.7 Å². The molecule has 12 aromatic carbocycles. The van der Waals surface area contributed by atoms with Crippen molar-refractivity contribution in [2.75, 3.05) is 19.6 Å². The van der Waals surface area contributed by atoms with Crippen molar-refractivity contribution < 1.29 is 80.1 Å². The van der Waals surface area contributed by atoms with E-state index in [0.717, 1.165) is 101 Å². The summed E-state index contributed by atoms with van der Waals surface area (Å²) < 4.78 is 107. The number of hydrogen-bond acceptors (Lipinski definition) is 15. The van der Waals surface area contributed by atoms with Crippen molar-refractivity contribution in [3.63, 3.8) is 0 Å². The Hall–Kier alpha value is -12.7. The highest BCUT2D eigenvalue weighted by Crippen LogP contribution is 2.39. The summed E-state index contributed by atoms with van der Waals surface area (Å²) in [6, 6.07) is 82.4. The van der Waals surface area contributed by atoms with E-state index in [4.69, 9.17) is 45.6 Å². The van der Waals surface area contributed by atoms with Gasteiger partial charge < -0.3 is 60.9 Å². The largest absolute Gasteiger partial charge is 0.489 e. The third kappa shape index (κ3) is 32.0. The van der Waals surface area contributed by atoms with E-state index in [0.29, 0.717) is 88.4 Å². The van der Waals surface area contributed by atoms with Crippen molar-refractivity contribution >= 4 is 17.9 Å². The smallest absolute Gasteiger partial charge is 0.416 e. The molecule has 0 radical (unpaired) electrons. The number of carboxylic acid groups (broad SMARTS) is 3. The maximum absolute atomic E-state index is 14.3. The normalized spacial score (nSPS) is 12.0. The van der Waals surface area contributed by atoms with E-state index in [1.807, 2.05) is 202 Å². The molecule has 18 nitrogen and oxygen atoms in total. The molecule has 0 saturated carbocycles. The molecule has 0 aromatic heterocycles. The van der Waals surface area contributed by atoms with Crippen molar-refractivity contribution in [2.24, 2.45) is 17.2 Å². The number of aryl methyl sites for hydroxylation is 7. The Bertz CT molecular complexity index is 5600. The van der Waals surface area contributed by atoms with E-state index in [1.165, 1.54) is 35.4 Å². The number of alkyl halides is 5. The van der Waals surface area contributed by atoms with Crippen LogP contribution in [0.25, 0.3) is 0 Å². The summed E-state index contributed by atoms with van der Waals surface area (Å²) in [5, 5.41) is 28.2. The first-order valence-corrected chi connectivity index (χ1v) is 42.6. The number of aliphatic carboxylic acids is 3. The lowest BCUT2D eigenvalue weighted by molar-refractivity contribution is -0.139. The van der Waals surface area contributed by atoms with Crippen molar-refractivity contribution in [2.45, 2.75) is 177 Å². The van der Waals surface area contributed by atoms with Gasteiger partial charge in [0, 0.05) is 97.8 Å². The zero-order chi connectivity index (χ0) is 91.7. The monoisotopic (exact) mass is 1750 g/mol. The Labute approximate surface area is 747 Å². The fraction of sp³-hybridized carbons (Fsp3) is 0.286. The number of carbonyl (C=O) groups is 3. The van der Waals surface area contributed by atoms with Crippen LogP contribution in [0.5, 0.6) is 34.5 Å². The van der Waals surface area contributed by atoms with Gasteiger partial charge in [0.1, 0.15) is 92.3 Å². The lowest BCUT2D eigenvalue weighted by Gasteiger charge is -2.27. The zero-order valence-electron chi connectivity index (χ0n) is 73.5. The maximum atomic E-state index is 14.3. The molecule has 23 heteroatoms. The number of rotatable bonds is 43. The molecule has 0 unspecified atom stereocenters. The lowest BCUT2D eigenvalue weighted by atomic mass is 10.0. The fourth-order valence-corrected chi connectivity index (χ4v) is 14.6. The highest BCUT2D eigenvalue weighted by molar-refractivity contribution is 5.74. The van der Waals surface area contributed by atoms with Crippen molar-refractivity contribution in [3.8, 4) is 34.5 Å². The van der Waals surface area contributed by atoms with E-state index < -0.39 is 54.2 Å². The van der Waals surface area contributed by atoms with E-state index in [1.54, 1.807) is 11.0 Å². The second-order valence-corrected chi connectivity index (χ2v) is 32.4. The van der Waals surface area contributed by atoms with Crippen molar-refractivity contribution in [1.29, 1.82) is 0 Å². The average Bonchev–Trinajstić information content (AvgIpc) is 0.805. The summed E-state index contributed by atoms with van der Waals surface area (Å²) in [7, 11) is 0. The highest BCUT2D eigenvalue weighted by atomic mass is 19.4. The van der Waals surface area contributed by atoms with Gasteiger partial charge >= 0.3 is 24.1 Å². The summed E-state index contributed by atoms with van der Waals surface area (Å²) in [6.07, 6.45) is -6.73. The van der Waals surface area contributed by atoms with Crippen LogP contribution in [0.4, 0.5) is 22.0 Å². The first-order valence-electron chi connectivity index (χ1n) is 42.6. The van der Waals surface area contributed by atoms with Crippen LogP contribution in [0.1, 0.15) is 143 Å². The van der Waals surface area contributed by atoms with Crippen LogP contribution in [0, 0.1) is 48.5 Å². The Kier molecular flexibility index (Phi) is 37.2. The lowest BCUT2D eigenvalue weighted by Crippen LogP contribution is -2.35. The van der Waals surface area contributed by atoms with Crippen molar-refractivity contribution in [1.82, 2.24) is 14.7 Å². The third-order valence-corrected chi connectivity index (χ3v) is 21.3. The number of nitrogens with two attached hydrogens (primary N) is 3. The summed E-state index contributed by atoms with van der Waals surface area (Å²) in [6.45, 7) is 18.9. The second kappa shape index (κ2) is 48.8. The number of carboxylic acids is 3. The van der Waals surface area contributed by atoms with Gasteiger partial charge in [0.15, 0.2) is 0 Å². The van der Waals surface area contributed by atoms with Crippen LogP contribution in [0.3, 0.4) is 0 Å². The number of hydrogen-bond donors (Lipinski definition) is 6. The molecule has 0 aliphatic carbocycles. The molecule has 0 heterocycles. The van der Waals surface area contributed by atoms with Gasteiger partial charge in [-0.15, -0.1) is 0 Å². The van der Waals surface area contributed by atoms with Crippen LogP contribution in [0.15, 0.2) is 273 Å². The molecule has 0 spiro atoms. The van der Waals surface area contributed by atoms with Crippen LogP contribution < -0.4 is 45.6 Å². The summed E-state index contributed by atoms with van der Waals surface area (Å²) in [5.74, 6) is 0.234. The number of halogens is 5. The molecule has 0 fully saturated rings. The van der Waals surface area contributed by atoms with E-state index in [-0.39, 0.29) is 69.1 Å². The molecular weight excluding hydrogens is 1630 g/mol. The Morgan fingerprint density at radius 2 is 0.578 bits per heavy atom. The summed E-state index contributed by atoms with van der Waals surface area (Å²) >= 11 is 0. The topological polar surface area (TPSA) is 255 Å². The van der Waals surface area contributed by atoms with E-state index >= 15 is 0 Å². The van der Waals surface area contributed by atoms with E-state index in [9.17, 15) is 51.7 Å². The molecule has 12 rings (SSSR count). The fourth-order valence-electron chi connectivity index (χ4n) is 14.6. The molecule has 0 bridgehead atoms. The van der Waals surface area contributed by atoms with Crippen LogP contribution in [-0.2, 0) is 99.5 Å². The summed E-state index contributed by atoms with van der Waals surface area (Å²) in [4.78, 5) is 40.4. The molecule has 3 atom stereocenters. The molecule has 0 amide bonds. The quantitative estimate of drug-likeness (QED) is 0.0194. The number of nitrogens with zero attached hydrogens (tertiary/aromatic N) is 3. The Morgan fingerprint density at radius 1 is 0.305 bits per heavy atom. The molecule has 672 valence electrons. The summed E-state index contributed by atoms with van der Waals surface area (Å²) in [5.41, 5.74) is 34.8. The first-order chi connectivity index (χ1) is 61.4. The molecule has 0 aliphatic heterocycles. The molecule has 0 aliphatic rings. The van der Waals surface area contributed by atoms with Gasteiger partial charge in [-0.05, 0) is 161 Å². The van der Waals surface area contributed by atoms with Gasteiger partial charge in [0.05, 0.1) is 5.56 Å². The number of ether oxygens (including phenoxy) is 6. The van der Waals surface area contributed by atoms with E-state index in [2.05, 4.69) is 92.4 Å². The molecule has 128 heavy (non-hydrogen) atoms. The van der Waals surface area contributed by atoms with Gasteiger partial charge in [-0.1, -0.05) is 252 Å². The highest BCUT2D eigenvalue weighted by Gasteiger charge is 2.36. The van der Waals surface area contributed by atoms with Crippen LogP contribution >= 0.6 is 0 Å². The minimum absolute atomic E-state index is 0.0327. The second-order valence-electron chi connectivity index (χ2n) is 32.4. The van der Waals surface area contributed by atoms with Crippen molar-refractivity contribution in [3.05, 3.63) is 390 Å². The Morgan fingerprint density at radius 3 is 0.898 bits per heavy atom. The maximum Gasteiger partial charge on any atom is 0.416 e. The minimum atomic E-state index is -4.63. The minimum Gasteiger partial charge on any atom is -0.489 e. The molecule has 9 N–H and O–H groups in total. The number of benzene rings is 12. The van der Waals surface area contributed by atoms with Gasteiger partial charge in [-0.3, -0.25) is 29.1 Å². The standard InChI is InChI=1S/C35H37F3N2O4.C35H38F2N2O4.C35H40N2O4/c1-24-8-5-10-26(18-24)22-43-32-14-4-3-12-28(32)20-40(17-16-31(39)34(41)42)21-29-30(35(36,37)38)13-7-15-33(29)44-23-27-11-6-9-25(2)19-27;1-24-7-5-9-26(17-24)22-42-32-12-4-3-11-29(32)20-39(16-15-31(38)35(40)41)21-30-19-28(34(36)37)13-14-33(30)43-23-27-10-6-8-25(2)18-27;1-25-8-6-10-28(18-25)23-40-33-13-5-4-12-30(33)21-37(17-16-32(36)35(38)39)22-31-15-14-27(3)20-34(31)41-24-29-11-7-9-26(2)19-29/h3-15,18-19,31H,16-17,20-23,39H2,1-2H3,(H,41,42);3-14,17-19,31,34H,15-16,20-23,38H2,1-2H3,(H,40,41);4-15,18-20,32H,16-17,21-24,36H2,1-3H3,(H,38,39)/t2*31-;32-/m000/s1. The SMILES string of the molecule is Cc1cccc(COc2ccccc2CN(CC[C@H](N)C(=O)O)Cc2c(OCc3cccc(C)c3)cccc2C(F)(F)F)c1.Cc1cccc(COc2ccccc2CN(CC[C@H](N)C(=O)O)Cc2cc(C(F)F)ccc2OCc2cccc(C)c2)c1.Cc1cccc(COc2ccccc2CN(CC[C@H](N)C(=O)O)Cc2ccc(C)cc2OCc2cccc(C)c2)c1. The zero-order valence-corrected chi connectivity index (χ0v) is 73.5. The third-order valence-electron chi connectivity index (χ3n) is 21.3. The number of para-hydroxylation sites is 3. The predicted molar refractivity (Wildman–Crippen MR) is 489 cm³/mol. The molecule has 12 aromatic rings. The van der Waals surface area contributed by atoms with Gasteiger partial charge in [-0.2, -0.15) is 13.2 Å².